The van der Waals surface area contributed by atoms with Crippen molar-refractivity contribution in [1.82, 2.24) is 15.2 Å². The first-order valence-corrected chi connectivity index (χ1v) is 7.73. The van der Waals surface area contributed by atoms with Crippen molar-refractivity contribution >= 4 is 17.5 Å². The summed E-state index contributed by atoms with van der Waals surface area (Å²) in [5.41, 5.74) is 9.47. The number of amides is 2. The molecule has 1 fully saturated rings. The van der Waals surface area contributed by atoms with Gasteiger partial charge in [0.2, 0.25) is 0 Å². The second-order valence-electron chi connectivity index (χ2n) is 5.67. The van der Waals surface area contributed by atoms with E-state index in [1.54, 1.807) is 6.20 Å². The van der Waals surface area contributed by atoms with Crippen molar-refractivity contribution in [2.45, 2.75) is 6.92 Å². The van der Waals surface area contributed by atoms with Crippen LogP contribution in [0.4, 0.5) is 16.3 Å². The number of anilines is 2. The van der Waals surface area contributed by atoms with E-state index in [0.29, 0.717) is 5.82 Å². The maximum absolute atomic E-state index is 12.3. The Morgan fingerprint density at radius 1 is 1.26 bits per heavy atom. The monoisotopic (exact) mass is 311 g/mol. The van der Waals surface area contributed by atoms with Crippen LogP contribution in [0, 0.1) is 6.92 Å². The van der Waals surface area contributed by atoms with Crippen molar-refractivity contribution in [1.29, 1.82) is 0 Å². The van der Waals surface area contributed by atoms with E-state index in [2.05, 4.69) is 15.6 Å². The molecule has 2 amide bonds. The summed E-state index contributed by atoms with van der Waals surface area (Å²) in [5, 5.41) is 6.20. The Balaban J connectivity index is 1.76. The third-order valence-electron chi connectivity index (χ3n) is 3.97. The number of pyridine rings is 1. The molecule has 0 atom stereocenters. The molecule has 1 aromatic carbocycles. The van der Waals surface area contributed by atoms with E-state index in [4.69, 9.17) is 5.73 Å². The van der Waals surface area contributed by atoms with E-state index in [1.165, 1.54) is 0 Å². The molecular weight excluding hydrogens is 290 g/mol. The van der Waals surface area contributed by atoms with Gasteiger partial charge in [0.15, 0.2) is 0 Å². The minimum absolute atomic E-state index is 0.0599. The van der Waals surface area contributed by atoms with Gasteiger partial charge >= 0.3 is 6.03 Å². The molecule has 6 heteroatoms. The third-order valence-corrected chi connectivity index (χ3v) is 3.97. The molecule has 6 nitrogen and oxygen atoms in total. The molecule has 2 heterocycles. The number of nitrogens with two attached hydrogens (primary N) is 1. The topological polar surface area (TPSA) is 83.3 Å². The Morgan fingerprint density at radius 3 is 2.78 bits per heavy atom. The van der Waals surface area contributed by atoms with E-state index >= 15 is 0 Å². The van der Waals surface area contributed by atoms with Gasteiger partial charge in [-0.2, -0.15) is 0 Å². The number of hydrogen-bond acceptors (Lipinski definition) is 4. The number of nitrogen functional groups attached to an aromatic ring is 1. The maximum Gasteiger partial charge on any atom is 0.321 e. The Kier molecular flexibility index (Phi) is 4.43. The van der Waals surface area contributed by atoms with Crippen LogP contribution in [-0.2, 0) is 0 Å². The van der Waals surface area contributed by atoms with Crippen molar-refractivity contribution in [3.63, 3.8) is 0 Å². The lowest BCUT2D eigenvalue weighted by Gasteiger charge is -2.27. The van der Waals surface area contributed by atoms with Crippen molar-refractivity contribution in [2.24, 2.45) is 0 Å². The lowest BCUT2D eigenvalue weighted by molar-refractivity contribution is 0.204. The third kappa shape index (κ3) is 3.60. The Hall–Kier alpha value is -2.60. The zero-order valence-corrected chi connectivity index (χ0v) is 13.2. The summed E-state index contributed by atoms with van der Waals surface area (Å²) in [7, 11) is 0. The number of nitrogens with zero attached hydrogens (tertiary/aromatic N) is 2. The molecule has 0 radical (unpaired) electrons. The highest BCUT2D eigenvalue weighted by Crippen LogP contribution is 2.24. The van der Waals surface area contributed by atoms with Crippen molar-refractivity contribution < 1.29 is 4.79 Å². The maximum atomic E-state index is 12.3. The first kappa shape index (κ1) is 15.3. The molecule has 0 saturated carbocycles. The lowest BCUT2D eigenvalue weighted by atomic mass is 10.1. The van der Waals surface area contributed by atoms with Crippen LogP contribution in [0.15, 0.2) is 36.5 Å². The summed E-state index contributed by atoms with van der Waals surface area (Å²) >= 11 is 0. The molecule has 1 aliphatic heterocycles. The number of carbonyl (C=O) groups is 1. The normalized spacial score (nSPS) is 14.6. The van der Waals surface area contributed by atoms with Crippen LogP contribution in [-0.4, -0.2) is 42.1 Å². The fourth-order valence-electron chi connectivity index (χ4n) is 2.59. The van der Waals surface area contributed by atoms with Crippen LogP contribution in [0.1, 0.15) is 5.56 Å². The van der Waals surface area contributed by atoms with Crippen LogP contribution in [0.5, 0.6) is 0 Å². The molecule has 4 N–H and O–H groups in total. The van der Waals surface area contributed by atoms with Crippen LogP contribution >= 0.6 is 0 Å². The summed E-state index contributed by atoms with van der Waals surface area (Å²) in [4.78, 5) is 18.3. The molecule has 23 heavy (non-hydrogen) atoms. The minimum Gasteiger partial charge on any atom is -0.383 e. The van der Waals surface area contributed by atoms with Gasteiger partial charge in [-0.15, -0.1) is 0 Å². The summed E-state index contributed by atoms with van der Waals surface area (Å²) in [6, 6.07) is 9.70. The summed E-state index contributed by atoms with van der Waals surface area (Å²) < 4.78 is 0. The molecule has 0 spiro atoms. The smallest absolute Gasteiger partial charge is 0.321 e. The van der Waals surface area contributed by atoms with Crippen LogP contribution < -0.4 is 16.4 Å². The van der Waals surface area contributed by atoms with Gasteiger partial charge in [0.1, 0.15) is 5.82 Å². The molecule has 1 saturated heterocycles. The molecule has 120 valence electrons. The predicted molar refractivity (Wildman–Crippen MR) is 92.3 cm³/mol. The van der Waals surface area contributed by atoms with Gasteiger partial charge in [-0.25, -0.2) is 9.78 Å². The van der Waals surface area contributed by atoms with Gasteiger partial charge in [0.05, 0.1) is 0 Å². The molecule has 1 aromatic heterocycles. The summed E-state index contributed by atoms with van der Waals surface area (Å²) in [6.45, 7) is 5.06. The average molecular weight is 311 g/mol. The predicted octanol–water partition coefficient (Wildman–Crippen LogP) is 2.08. The first-order valence-electron chi connectivity index (χ1n) is 7.73. The second kappa shape index (κ2) is 6.66. The molecule has 0 unspecified atom stereocenters. The van der Waals surface area contributed by atoms with Gasteiger partial charge in [0, 0.05) is 43.6 Å². The molecule has 0 aliphatic carbocycles. The molecule has 1 aliphatic rings. The number of nitrogens with one attached hydrogen (secondary N) is 2. The highest BCUT2D eigenvalue weighted by atomic mass is 16.2. The fourth-order valence-corrected chi connectivity index (χ4v) is 2.59. The Bertz CT molecular complexity index is 710. The van der Waals surface area contributed by atoms with Crippen LogP contribution in [0.25, 0.3) is 11.1 Å². The molecule has 2 aromatic rings. The van der Waals surface area contributed by atoms with Gasteiger partial charge in [-0.05, 0) is 36.2 Å². The highest BCUT2D eigenvalue weighted by Gasteiger charge is 2.16. The van der Waals surface area contributed by atoms with Crippen molar-refractivity contribution in [2.75, 3.05) is 37.2 Å². The second-order valence-corrected chi connectivity index (χ2v) is 5.67. The average Bonchev–Trinajstić information content (AvgIpc) is 2.58. The minimum atomic E-state index is -0.0599. The Labute approximate surface area is 135 Å². The molecule has 0 bridgehead atoms. The summed E-state index contributed by atoms with van der Waals surface area (Å²) in [6.07, 6.45) is 1.75. The van der Waals surface area contributed by atoms with Gasteiger partial charge in [-0.3, -0.25) is 0 Å². The standard InChI is InChI=1S/C17H21N5O/c1-12-9-14(11-20-16(12)18)13-3-2-4-15(10-13)21-17(23)22-7-5-19-6-8-22/h2-4,9-11,19H,5-8H2,1H3,(H2,18,20)(H,21,23). The van der Waals surface area contributed by atoms with Gasteiger partial charge < -0.3 is 21.3 Å². The zero-order valence-electron chi connectivity index (χ0n) is 13.2. The first-order chi connectivity index (χ1) is 11.1. The van der Waals surface area contributed by atoms with Crippen LogP contribution in [0.2, 0.25) is 0 Å². The number of rotatable bonds is 2. The number of hydrogen-bond donors (Lipinski definition) is 3. The van der Waals surface area contributed by atoms with E-state index < -0.39 is 0 Å². The Morgan fingerprint density at radius 2 is 2.04 bits per heavy atom. The highest BCUT2D eigenvalue weighted by molar-refractivity contribution is 5.90. The van der Waals surface area contributed by atoms with E-state index in [-0.39, 0.29) is 6.03 Å². The number of aryl methyl sites for hydroxylation is 1. The van der Waals surface area contributed by atoms with Gasteiger partial charge in [-0.1, -0.05) is 12.1 Å². The summed E-state index contributed by atoms with van der Waals surface area (Å²) in [5.74, 6) is 0.539. The number of aromatic nitrogens is 1. The molecule has 3 rings (SSSR count). The zero-order chi connectivity index (χ0) is 16.2. The number of benzene rings is 1. The number of carbonyl (C=O) groups excluding carboxylic acids is 1. The van der Waals surface area contributed by atoms with E-state index in [0.717, 1.165) is 48.6 Å². The number of piperazine rings is 1. The number of urea groups is 1. The lowest BCUT2D eigenvalue weighted by Crippen LogP contribution is -2.48. The largest absolute Gasteiger partial charge is 0.383 e. The van der Waals surface area contributed by atoms with Gasteiger partial charge in [0.25, 0.3) is 0 Å². The van der Waals surface area contributed by atoms with E-state index in [9.17, 15) is 4.79 Å². The quantitative estimate of drug-likeness (QED) is 0.793. The van der Waals surface area contributed by atoms with Crippen LogP contribution in [0.3, 0.4) is 0 Å². The van der Waals surface area contributed by atoms with Crippen molar-refractivity contribution in [3.8, 4) is 11.1 Å². The van der Waals surface area contributed by atoms with Crippen molar-refractivity contribution in [3.05, 3.63) is 42.1 Å². The van der Waals surface area contributed by atoms with E-state index in [1.807, 2.05) is 42.2 Å². The molecular formula is C17H21N5O. The fraction of sp³-hybridized carbons (Fsp3) is 0.294. The SMILES string of the molecule is Cc1cc(-c2cccc(NC(=O)N3CCNCC3)c2)cnc1N.